The Morgan fingerprint density at radius 2 is 1.10 bits per heavy atom. The van der Waals surface area contributed by atoms with Gasteiger partial charge < -0.3 is 62.8 Å². The fourth-order valence-electron chi connectivity index (χ4n) is 5.53. The normalized spacial score (nSPS) is 16.6. The number of aliphatic hydroxyl groups is 1. The molecule has 5 saturated heterocycles. The number of nitrogens with two attached hydrogens (primary N) is 3. The Hall–Kier alpha value is 5.05. The van der Waals surface area contributed by atoms with E-state index in [1.807, 2.05) is 0 Å². The van der Waals surface area contributed by atoms with Crippen molar-refractivity contribution in [3.05, 3.63) is 0 Å². The summed E-state index contributed by atoms with van der Waals surface area (Å²) in [6.45, 7) is 26.8. The van der Waals surface area contributed by atoms with Crippen LogP contribution in [0.15, 0.2) is 0 Å². The molecule has 0 aromatic heterocycles. The first-order valence-electron chi connectivity index (χ1n) is 23.8. The Kier molecular flexibility index (Phi) is 123. The van der Waals surface area contributed by atoms with Gasteiger partial charge in [-0.25, -0.2) is 0 Å². The van der Waals surface area contributed by atoms with Crippen LogP contribution in [0.4, 0.5) is 0 Å². The average molecular weight is 1290 g/mol. The molecule has 0 aliphatic carbocycles. The molecule has 0 aromatic carbocycles. The van der Waals surface area contributed by atoms with E-state index in [4.69, 9.17) is 80.2 Å². The summed E-state index contributed by atoms with van der Waals surface area (Å²) in [4.78, 5) is 21.0. The summed E-state index contributed by atoms with van der Waals surface area (Å²) < 4.78 is 34.0. The van der Waals surface area contributed by atoms with Crippen LogP contribution < -0.4 is 160 Å². The van der Waals surface area contributed by atoms with E-state index in [-0.39, 0.29) is 170 Å². The third-order valence-corrected chi connectivity index (χ3v) is 11.0. The van der Waals surface area contributed by atoms with Gasteiger partial charge in [-0.3, -0.25) is 29.4 Å². The Morgan fingerprint density at radius 1 is 0.803 bits per heavy atom. The minimum atomic E-state index is -0.628. The van der Waals surface area contributed by atoms with Crippen molar-refractivity contribution in [3.8, 4) is 0 Å². The second-order valence-electron chi connectivity index (χ2n) is 13.9. The van der Waals surface area contributed by atoms with Gasteiger partial charge in [0.2, 0.25) is 0 Å². The molecule has 0 aromatic rings. The van der Waals surface area contributed by atoms with Crippen molar-refractivity contribution in [2.75, 3.05) is 186 Å². The molecular formula is C42H97BrCl4K2N9NaO9S3. The molecule has 5 fully saturated rings. The molecule has 0 saturated carbocycles. The number of carbonyl (C=O) groups is 1. The summed E-state index contributed by atoms with van der Waals surface area (Å²) >= 11 is 27.9. The van der Waals surface area contributed by atoms with Crippen LogP contribution in [-0.4, -0.2) is 227 Å². The van der Waals surface area contributed by atoms with Gasteiger partial charge in [-0.15, -0.1) is 47.2 Å². The fraction of sp³-hybridized carbons (Fsp3) is 0.952. The van der Waals surface area contributed by atoms with Crippen molar-refractivity contribution in [1.82, 2.24) is 24.9 Å². The SMILES string of the molecule is C1COCCN1.CCO.Cl.ClCCCBr.ClCCCN1CCCCC1.ClCCCN1CCOCC1.N=S(N)CCCN1CCOCC1.NC(N)=S.O=CO[O-].SCCCN1CCOCC1.[2H]CC.[H-].[K+].[K+].[Na+].[OH-]. The molecule has 71 heavy (non-hydrogen) atoms. The molecule has 420 valence electrons. The van der Waals surface area contributed by atoms with E-state index < -0.39 is 10.9 Å². The number of likely N-dealkylation sites (tertiary alicyclic amines) is 1. The monoisotopic (exact) mass is 1290 g/mol. The Bertz CT molecular complexity index is 915. The number of alkyl halides is 4. The Balaban J connectivity index is -0.0000000665. The molecular weight excluding hydrogens is 1190 g/mol. The summed E-state index contributed by atoms with van der Waals surface area (Å²) in [7, 11) is -0.628. The first-order chi connectivity index (χ1) is 32.5. The number of halogens is 5. The van der Waals surface area contributed by atoms with Gasteiger partial charge in [-0.2, -0.15) is 12.6 Å². The second-order valence-corrected chi connectivity index (χ2v) is 18.0. The number of thiocarbonyl (C=S) groups is 1. The van der Waals surface area contributed by atoms with Gasteiger partial charge in [0.05, 0.1) is 52.9 Å². The molecule has 0 bridgehead atoms. The topological polar surface area (TPSA) is 263 Å². The maximum atomic E-state index is 8.64. The molecule has 29 heteroatoms. The van der Waals surface area contributed by atoms with E-state index in [0.29, 0.717) is 6.90 Å². The van der Waals surface area contributed by atoms with Crippen LogP contribution in [0, 0.1) is 4.78 Å². The number of hydrogen-bond donors (Lipinski definition) is 7. The standard InChI is InChI=1S/C8H16ClN.C7H14ClNO.C7H17N3OS.C7H15NOS.C4H9NO.C3H6BrCl.C2H6O.C2H6.CH4N2S.CH2O3.ClH.2K.Na.H2O.H/c9-5-4-8-10-6-2-1-3-7-10;8-2-1-3-9-4-6-10-7-5-9;8-12(9)7-1-2-10-3-5-11-6-4-10;10-7-1-2-8-3-5-9-6-4-8;1-3-6-4-2-5-1;4-2-1-3-5;1-2-3;1-2;2-1(3)4;2-1-4-3;;;;;;/h1-8H2;1-7H2;1-7H2,(H3,8,9);10H,1-7H2;5H,1-4H2;1-3H2;3H,2H2,1H3;1-2H3;(H4,2,3,4);1,3H;1H;;;;1H2;/q;;;;;;;;;;;3*+1;;-1/p-2/i;;;;;;;1D;;;;;;;;. The predicted octanol–water partition coefficient (Wildman–Crippen LogP) is -4.72. The molecule has 0 radical (unpaired) electrons. The van der Waals surface area contributed by atoms with E-state index in [1.54, 1.807) is 13.8 Å². The van der Waals surface area contributed by atoms with Crippen molar-refractivity contribution in [3.63, 3.8) is 0 Å². The smallest absolute Gasteiger partial charge is 1.00 e. The molecule has 18 nitrogen and oxygen atoms in total. The van der Waals surface area contributed by atoms with Crippen molar-refractivity contribution in [1.29, 1.82) is 4.78 Å². The Morgan fingerprint density at radius 3 is 1.32 bits per heavy atom. The maximum absolute atomic E-state index is 8.64. The van der Waals surface area contributed by atoms with Gasteiger partial charge in [-0.05, 0) is 120 Å². The van der Waals surface area contributed by atoms with E-state index in [9.17, 15) is 0 Å². The summed E-state index contributed by atoms with van der Waals surface area (Å²) in [6, 6.07) is 0. The third kappa shape index (κ3) is 97.6. The number of nitrogens with zero attached hydrogens (tertiary/aromatic N) is 4. The molecule has 5 heterocycles. The number of aliphatic hydroxyl groups excluding tert-OH is 1. The quantitative estimate of drug-likeness (QED) is 0.0146. The summed E-state index contributed by atoms with van der Waals surface area (Å²) in [5.41, 5.74) is 9.24. The average Bonchev–Trinajstić information content (AvgIpc) is 3.35. The molecule has 0 amide bonds. The molecule has 10 N–H and O–H groups in total. The molecule has 5 rings (SSSR count). The van der Waals surface area contributed by atoms with E-state index in [2.05, 4.69) is 82.0 Å². The van der Waals surface area contributed by atoms with Crippen LogP contribution in [0.5, 0.6) is 0 Å². The Labute approximate surface area is 585 Å². The predicted molar refractivity (Wildman–Crippen MR) is 300 cm³/mol. The van der Waals surface area contributed by atoms with Crippen LogP contribution in [0.25, 0.3) is 0 Å². The second kappa shape index (κ2) is 91.5. The number of hydrogen-bond acceptors (Lipinski definition) is 17. The van der Waals surface area contributed by atoms with Gasteiger partial charge in [0.15, 0.2) is 5.11 Å². The third-order valence-electron chi connectivity index (χ3n) is 8.60. The van der Waals surface area contributed by atoms with Crippen molar-refractivity contribution < 1.29 is 180 Å². The van der Waals surface area contributed by atoms with Gasteiger partial charge in [0.1, 0.15) is 0 Å². The van der Waals surface area contributed by atoms with Gasteiger partial charge >= 0.3 is 132 Å². The summed E-state index contributed by atoms with van der Waals surface area (Å²) in [5, 5.41) is 25.5. The number of morpholine rings is 4. The van der Waals surface area contributed by atoms with Crippen LogP contribution in [0.2, 0.25) is 0 Å². The molecule has 5 aliphatic heterocycles. The summed E-state index contributed by atoms with van der Waals surface area (Å²) in [6.07, 6.45) is 9.78. The molecule has 5 aliphatic rings. The van der Waals surface area contributed by atoms with Crippen LogP contribution in [0.3, 0.4) is 0 Å². The number of rotatable bonds is 16. The van der Waals surface area contributed by atoms with Crippen molar-refractivity contribution >= 4 is 110 Å². The largest absolute Gasteiger partial charge is 1.00 e. The zero-order chi connectivity index (χ0) is 51.3. The minimum absolute atomic E-state index is 0. The first-order valence-corrected chi connectivity index (χ1v) is 28.3. The van der Waals surface area contributed by atoms with Gasteiger partial charge in [0.25, 0.3) is 6.47 Å². The van der Waals surface area contributed by atoms with E-state index in [0.717, 1.165) is 178 Å². The van der Waals surface area contributed by atoms with Crippen LogP contribution in [-0.2, 0) is 39.5 Å². The van der Waals surface area contributed by atoms with Gasteiger partial charge in [0, 0.05) is 89.1 Å². The van der Waals surface area contributed by atoms with E-state index in [1.165, 1.54) is 51.9 Å². The molecule has 1 atom stereocenters. The van der Waals surface area contributed by atoms with Crippen LogP contribution >= 0.6 is 88.0 Å². The number of ether oxygens (including phenoxy) is 4. The first kappa shape index (κ1) is 95.3. The van der Waals surface area contributed by atoms with Crippen LogP contribution in [0.1, 0.15) is 74.9 Å². The molecule has 0 spiro atoms. The maximum Gasteiger partial charge on any atom is 1.00 e. The molecule has 1 unspecified atom stereocenters. The van der Waals surface area contributed by atoms with Crippen molar-refractivity contribution in [2.45, 2.75) is 72.1 Å². The van der Waals surface area contributed by atoms with Crippen molar-refractivity contribution in [2.24, 2.45) is 16.6 Å². The zero-order valence-electron chi connectivity index (χ0n) is 46.4. The summed E-state index contributed by atoms with van der Waals surface area (Å²) in [5.74, 6) is 4.19. The fourth-order valence-corrected chi connectivity index (χ4v) is 7.09. The van der Waals surface area contributed by atoms with Gasteiger partial charge in [-0.1, -0.05) is 36.2 Å². The minimum Gasteiger partial charge on any atom is -1.00 e. The number of thiol groups is 1. The number of piperidine rings is 1. The van der Waals surface area contributed by atoms with E-state index >= 15 is 0 Å². The zero-order valence-corrected chi connectivity index (χ0v) is 59.8. The number of carbonyl (C=O) groups excluding carboxylic acids is 1. The number of nitrogens with one attached hydrogen (secondary N) is 2.